The van der Waals surface area contributed by atoms with Crippen LogP contribution in [0.25, 0.3) is 0 Å². The Morgan fingerprint density at radius 2 is 1.93 bits per heavy atom. The van der Waals surface area contributed by atoms with E-state index in [0.717, 1.165) is 29.8 Å². The van der Waals surface area contributed by atoms with E-state index < -0.39 is 5.41 Å². The van der Waals surface area contributed by atoms with Crippen molar-refractivity contribution in [3.8, 4) is 5.75 Å². The number of rotatable bonds is 11. The zero-order chi connectivity index (χ0) is 21.0. The number of carbonyl (C=O) groups excluding carboxylic acids is 1. The molecule has 29 heavy (non-hydrogen) atoms. The van der Waals surface area contributed by atoms with Crippen LogP contribution in [0.3, 0.4) is 0 Å². The smallest absolute Gasteiger partial charge is 0.227 e. The van der Waals surface area contributed by atoms with Crippen LogP contribution in [0, 0.1) is 12.3 Å². The van der Waals surface area contributed by atoms with Crippen molar-refractivity contribution >= 4 is 35.8 Å². The van der Waals surface area contributed by atoms with Crippen molar-refractivity contribution in [3.05, 3.63) is 29.3 Å². The van der Waals surface area contributed by atoms with E-state index in [2.05, 4.69) is 27.0 Å². The predicted molar refractivity (Wildman–Crippen MR) is 129 cm³/mol. The number of ether oxygens (including phenoxy) is 2. The van der Waals surface area contributed by atoms with Gasteiger partial charge in [0.1, 0.15) is 5.75 Å². The van der Waals surface area contributed by atoms with Crippen LogP contribution in [-0.2, 0) is 16.1 Å². The minimum Gasteiger partial charge on any atom is -0.493 e. The molecule has 7 nitrogen and oxygen atoms in total. The van der Waals surface area contributed by atoms with Crippen molar-refractivity contribution in [2.45, 2.75) is 40.7 Å². The number of guanidine groups is 1. The van der Waals surface area contributed by atoms with E-state index in [-0.39, 0.29) is 29.9 Å². The molecule has 0 heterocycles. The highest BCUT2D eigenvalue weighted by Crippen LogP contribution is 2.21. The lowest BCUT2D eigenvalue weighted by Crippen LogP contribution is -2.47. The van der Waals surface area contributed by atoms with Crippen LogP contribution in [0.2, 0.25) is 0 Å². The van der Waals surface area contributed by atoms with Crippen molar-refractivity contribution < 1.29 is 14.3 Å². The van der Waals surface area contributed by atoms with Gasteiger partial charge in [-0.05, 0) is 39.3 Å². The summed E-state index contributed by atoms with van der Waals surface area (Å²) in [5, 5.41) is 9.18. The third kappa shape index (κ3) is 10.2. The molecule has 8 heteroatoms. The molecule has 0 radical (unpaired) electrons. The summed E-state index contributed by atoms with van der Waals surface area (Å²) in [7, 11) is 3.34. The molecule has 0 saturated carbocycles. The number of aliphatic imine (C=N–C) groups is 1. The largest absolute Gasteiger partial charge is 0.493 e. The molecule has 1 amide bonds. The van der Waals surface area contributed by atoms with Crippen LogP contribution in [0.5, 0.6) is 5.75 Å². The second-order valence-corrected chi connectivity index (χ2v) is 7.32. The van der Waals surface area contributed by atoms with E-state index in [4.69, 9.17) is 9.47 Å². The van der Waals surface area contributed by atoms with Crippen molar-refractivity contribution in [1.82, 2.24) is 16.0 Å². The average Bonchev–Trinajstić information content (AvgIpc) is 2.67. The molecular formula is C21H37IN4O3. The first-order valence-electron chi connectivity index (χ1n) is 9.79. The number of methoxy groups -OCH3 is 1. The number of nitrogens with one attached hydrogen (secondary N) is 3. The number of carbonyl (C=O) groups is 1. The first kappa shape index (κ1) is 27.5. The maximum absolute atomic E-state index is 12.0. The van der Waals surface area contributed by atoms with Crippen molar-refractivity contribution in [3.63, 3.8) is 0 Å². The monoisotopic (exact) mass is 520 g/mol. The Hall–Kier alpha value is -1.55. The van der Waals surface area contributed by atoms with Crippen LogP contribution in [-0.4, -0.2) is 52.3 Å². The highest BCUT2D eigenvalue weighted by Gasteiger charge is 2.26. The van der Waals surface area contributed by atoms with Gasteiger partial charge in [-0.2, -0.15) is 0 Å². The van der Waals surface area contributed by atoms with E-state index in [1.165, 1.54) is 0 Å². The molecule has 0 aliphatic carbocycles. The van der Waals surface area contributed by atoms with Crippen LogP contribution in [0.1, 0.15) is 38.3 Å². The van der Waals surface area contributed by atoms with Gasteiger partial charge in [0, 0.05) is 45.8 Å². The Labute approximate surface area is 192 Å². The Kier molecular flexibility index (Phi) is 13.7. The summed E-state index contributed by atoms with van der Waals surface area (Å²) in [6.07, 6.45) is 0.839. The van der Waals surface area contributed by atoms with Gasteiger partial charge in [0.05, 0.1) is 18.6 Å². The quantitative estimate of drug-likeness (QED) is 0.181. The average molecular weight is 520 g/mol. The molecule has 1 aromatic rings. The molecule has 0 atom stereocenters. The first-order chi connectivity index (χ1) is 13.3. The van der Waals surface area contributed by atoms with Gasteiger partial charge in [0.2, 0.25) is 5.91 Å². The third-order valence-electron chi connectivity index (χ3n) is 4.26. The zero-order valence-corrected chi connectivity index (χ0v) is 20.9. The van der Waals surface area contributed by atoms with Crippen LogP contribution >= 0.6 is 24.0 Å². The summed E-state index contributed by atoms with van der Waals surface area (Å²) in [6.45, 7) is 10.8. The first-order valence-corrected chi connectivity index (χ1v) is 9.79. The van der Waals surface area contributed by atoms with Gasteiger partial charge in [-0.25, -0.2) is 4.99 Å². The highest BCUT2D eigenvalue weighted by molar-refractivity contribution is 14.0. The molecule has 166 valence electrons. The maximum atomic E-state index is 12.0. The minimum absolute atomic E-state index is 0. The van der Waals surface area contributed by atoms with Gasteiger partial charge in [-0.1, -0.05) is 12.1 Å². The number of aryl methyl sites for hydroxylation is 1. The maximum Gasteiger partial charge on any atom is 0.227 e. The van der Waals surface area contributed by atoms with E-state index >= 15 is 0 Å². The molecule has 0 aliphatic rings. The summed E-state index contributed by atoms with van der Waals surface area (Å²) in [5.74, 6) is 1.51. The van der Waals surface area contributed by atoms with E-state index in [1.54, 1.807) is 14.2 Å². The molecular weight excluding hydrogens is 483 g/mol. The number of benzene rings is 1. The second kappa shape index (κ2) is 14.4. The lowest BCUT2D eigenvalue weighted by molar-refractivity contribution is -0.128. The SMILES string of the molecule is CCNC(=NCc1ccc(C)cc1OCCCOC)NCC(C)(C)C(=O)NC.I. The van der Waals surface area contributed by atoms with Crippen LogP contribution < -0.4 is 20.7 Å². The molecule has 0 spiro atoms. The van der Waals surface area contributed by atoms with E-state index in [9.17, 15) is 4.79 Å². The Morgan fingerprint density at radius 1 is 1.21 bits per heavy atom. The molecule has 0 aliphatic heterocycles. The Balaban J connectivity index is 0.00000784. The van der Waals surface area contributed by atoms with Gasteiger partial charge in [-0.15, -0.1) is 24.0 Å². The molecule has 1 aromatic carbocycles. The highest BCUT2D eigenvalue weighted by atomic mass is 127. The number of nitrogens with zero attached hydrogens (tertiary/aromatic N) is 1. The Bertz CT molecular complexity index is 651. The number of halogens is 1. The Morgan fingerprint density at radius 3 is 2.55 bits per heavy atom. The van der Waals surface area contributed by atoms with Gasteiger partial charge in [-0.3, -0.25) is 4.79 Å². The number of amides is 1. The fraction of sp³-hybridized carbons (Fsp3) is 0.619. The lowest BCUT2D eigenvalue weighted by Gasteiger charge is -2.24. The van der Waals surface area contributed by atoms with Gasteiger partial charge in [0.25, 0.3) is 0 Å². The van der Waals surface area contributed by atoms with Gasteiger partial charge >= 0.3 is 0 Å². The summed E-state index contributed by atoms with van der Waals surface area (Å²) < 4.78 is 11.0. The summed E-state index contributed by atoms with van der Waals surface area (Å²) >= 11 is 0. The topological polar surface area (TPSA) is 84.0 Å². The van der Waals surface area contributed by atoms with Crippen LogP contribution in [0.15, 0.2) is 23.2 Å². The van der Waals surface area contributed by atoms with Crippen molar-refractivity contribution in [2.75, 3.05) is 40.5 Å². The van der Waals surface area contributed by atoms with E-state index in [1.807, 2.05) is 39.8 Å². The molecule has 0 aromatic heterocycles. The summed E-state index contributed by atoms with van der Waals surface area (Å²) in [6, 6.07) is 6.14. The van der Waals surface area contributed by atoms with Crippen molar-refractivity contribution in [2.24, 2.45) is 10.4 Å². The van der Waals surface area contributed by atoms with Crippen molar-refractivity contribution in [1.29, 1.82) is 0 Å². The molecule has 1 rings (SSSR count). The minimum atomic E-state index is -0.537. The lowest BCUT2D eigenvalue weighted by atomic mass is 9.92. The summed E-state index contributed by atoms with van der Waals surface area (Å²) in [4.78, 5) is 16.6. The molecule has 3 N–H and O–H groups in total. The molecule has 0 fully saturated rings. The number of hydrogen-bond acceptors (Lipinski definition) is 4. The molecule has 0 saturated heterocycles. The van der Waals surface area contributed by atoms with Gasteiger partial charge in [0.15, 0.2) is 5.96 Å². The molecule has 0 bridgehead atoms. The van der Waals surface area contributed by atoms with Gasteiger partial charge < -0.3 is 25.4 Å². The normalized spacial score (nSPS) is 11.4. The zero-order valence-electron chi connectivity index (χ0n) is 18.6. The van der Waals surface area contributed by atoms with E-state index in [0.29, 0.717) is 32.3 Å². The third-order valence-corrected chi connectivity index (χ3v) is 4.26. The number of hydrogen-bond donors (Lipinski definition) is 3. The molecule has 0 unspecified atom stereocenters. The standard InChI is InChI=1S/C21H36N4O3.HI/c1-7-23-20(25-15-21(3,4)19(26)22-5)24-14-17-10-9-16(2)13-18(17)28-12-8-11-27-6;/h9-10,13H,7-8,11-12,14-15H2,1-6H3,(H,22,26)(H2,23,24,25);1H. The second-order valence-electron chi connectivity index (χ2n) is 7.32. The fourth-order valence-electron chi connectivity index (χ4n) is 2.54. The van der Waals surface area contributed by atoms with Crippen LogP contribution in [0.4, 0.5) is 0 Å². The fourth-order valence-corrected chi connectivity index (χ4v) is 2.54. The summed E-state index contributed by atoms with van der Waals surface area (Å²) in [5.41, 5.74) is 1.63. The predicted octanol–water partition coefficient (Wildman–Crippen LogP) is 2.86.